The Bertz CT molecular complexity index is 693. The highest BCUT2D eigenvalue weighted by molar-refractivity contribution is 5.31. The van der Waals surface area contributed by atoms with E-state index in [-0.39, 0.29) is 5.75 Å². The molecule has 0 saturated heterocycles. The van der Waals surface area contributed by atoms with Crippen LogP contribution >= 0.6 is 0 Å². The van der Waals surface area contributed by atoms with Crippen molar-refractivity contribution in [1.82, 2.24) is 0 Å². The van der Waals surface area contributed by atoms with Crippen molar-refractivity contribution >= 4 is 0 Å². The third-order valence-electron chi connectivity index (χ3n) is 7.01. The third-order valence-corrected chi connectivity index (χ3v) is 7.01. The second kappa shape index (κ2) is 10.1. The molecule has 0 bridgehead atoms. The molecule has 2 aliphatic rings. The standard InChI is InChI=1S/C24H31F5O/c1-2-3-16-4-6-17(7-5-16)18-8-10-19(11-9-18)20-12-14-21(15-13-20)30-23(26)22(25)24(27,28)29/h12-19H,2-11H2,1H3. The van der Waals surface area contributed by atoms with Gasteiger partial charge in [-0.1, -0.05) is 44.7 Å². The van der Waals surface area contributed by atoms with Gasteiger partial charge in [0.15, 0.2) is 0 Å². The SMILES string of the molecule is CCCC1CCC(C2CCC(c3ccc(OC(F)=C(F)C(F)(F)F)cc3)CC2)CC1. The van der Waals surface area contributed by atoms with Crippen LogP contribution in [0.15, 0.2) is 36.1 Å². The van der Waals surface area contributed by atoms with Crippen LogP contribution in [0.5, 0.6) is 5.75 Å². The average Bonchev–Trinajstić information content (AvgIpc) is 2.74. The number of hydrogen-bond acceptors (Lipinski definition) is 1. The van der Waals surface area contributed by atoms with Crippen molar-refractivity contribution in [2.45, 2.75) is 83.2 Å². The monoisotopic (exact) mass is 430 g/mol. The Morgan fingerprint density at radius 3 is 1.90 bits per heavy atom. The summed E-state index contributed by atoms with van der Waals surface area (Å²) in [5, 5.41) is 0. The summed E-state index contributed by atoms with van der Waals surface area (Å²) in [5.41, 5.74) is 1.08. The van der Waals surface area contributed by atoms with Crippen molar-refractivity contribution in [2.24, 2.45) is 17.8 Å². The predicted octanol–water partition coefficient (Wildman–Crippen LogP) is 8.62. The second-order valence-corrected chi connectivity index (χ2v) is 8.94. The molecule has 2 saturated carbocycles. The minimum atomic E-state index is -5.39. The molecule has 30 heavy (non-hydrogen) atoms. The molecule has 0 aliphatic heterocycles. The zero-order valence-electron chi connectivity index (χ0n) is 17.5. The lowest BCUT2D eigenvalue weighted by molar-refractivity contribution is -0.114. The van der Waals surface area contributed by atoms with Crippen molar-refractivity contribution in [3.05, 3.63) is 41.7 Å². The Kier molecular flexibility index (Phi) is 7.81. The first-order valence-electron chi connectivity index (χ1n) is 11.2. The van der Waals surface area contributed by atoms with E-state index in [9.17, 15) is 22.0 Å². The van der Waals surface area contributed by atoms with Gasteiger partial charge in [0.2, 0.25) is 0 Å². The lowest BCUT2D eigenvalue weighted by Gasteiger charge is -2.38. The van der Waals surface area contributed by atoms with Gasteiger partial charge in [-0.15, -0.1) is 0 Å². The van der Waals surface area contributed by atoms with Gasteiger partial charge in [0, 0.05) is 0 Å². The van der Waals surface area contributed by atoms with Gasteiger partial charge in [0.1, 0.15) is 5.75 Å². The average molecular weight is 431 g/mol. The number of benzene rings is 1. The van der Waals surface area contributed by atoms with Crippen LogP contribution in [0.1, 0.15) is 82.6 Å². The van der Waals surface area contributed by atoms with Crippen LogP contribution in [-0.4, -0.2) is 6.18 Å². The van der Waals surface area contributed by atoms with Crippen molar-refractivity contribution in [3.63, 3.8) is 0 Å². The van der Waals surface area contributed by atoms with Crippen LogP contribution < -0.4 is 4.74 Å². The van der Waals surface area contributed by atoms with Gasteiger partial charge in [-0.05, 0) is 79.9 Å². The van der Waals surface area contributed by atoms with Crippen LogP contribution in [0.2, 0.25) is 0 Å². The van der Waals surface area contributed by atoms with Crippen LogP contribution in [-0.2, 0) is 0 Å². The fraction of sp³-hybridized carbons (Fsp3) is 0.667. The minimum absolute atomic E-state index is 0.145. The predicted molar refractivity (Wildman–Crippen MR) is 107 cm³/mol. The highest BCUT2D eigenvalue weighted by Gasteiger charge is 2.39. The van der Waals surface area contributed by atoms with Crippen molar-refractivity contribution in [2.75, 3.05) is 0 Å². The lowest BCUT2D eigenvalue weighted by atomic mass is 9.68. The summed E-state index contributed by atoms with van der Waals surface area (Å²) in [7, 11) is 0. The molecule has 2 aliphatic carbocycles. The summed E-state index contributed by atoms with van der Waals surface area (Å²) in [6, 6.07) is 4.04. The van der Waals surface area contributed by atoms with E-state index < -0.39 is 18.0 Å². The van der Waals surface area contributed by atoms with E-state index in [0.29, 0.717) is 5.92 Å². The molecule has 0 N–H and O–H groups in total. The molecule has 0 spiro atoms. The molecule has 0 unspecified atom stereocenters. The molecular weight excluding hydrogens is 399 g/mol. The maximum absolute atomic E-state index is 13.3. The summed E-state index contributed by atoms with van der Waals surface area (Å²) in [4.78, 5) is 0. The van der Waals surface area contributed by atoms with Crippen LogP contribution in [0, 0.1) is 17.8 Å². The first kappa shape index (κ1) is 23.1. The fourth-order valence-electron chi connectivity index (χ4n) is 5.35. The number of halogens is 5. The number of allylic oxidation sites excluding steroid dienone is 1. The molecule has 0 amide bonds. The van der Waals surface area contributed by atoms with E-state index >= 15 is 0 Å². The Hall–Kier alpha value is -1.59. The smallest absolute Gasteiger partial charge is 0.430 e. The van der Waals surface area contributed by atoms with Gasteiger partial charge < -0.3 is 4.74 Å². The largest absolute Gasteiger partial charge is 0.449 e. The number of ether oxygens (including phenoxy) is 1. The minimum Gasteiger partial charge on any atom is -0.430 e. The van der Waals surface area contributed by atoms with E-state index in [2.05, 4.69) is 11.7 Å². The Balaban J connectivity index is 1.49. The molecular formula is C24H31F5O. The summed E-state index contributed by atoms with van der Waals surface area (Å²) in [5.74, 6) is -0.0161. The second-order valence-electron chi connectivity index (χ2n) is 8.94. The normalized spacial score (nSPS) is 28.7. The molecule has 2 fully saturated rings. The molecule has 1 aromatic carbocycles. The number of alkyl halides is 3. The van der Waals surface area contributed by atoms with E-state index in [1.807, 2.05) is 0 Å². The summed E-state index contributed by atoms with van der Waals surface area (Å²) >= 11 is 0. The molecule has 6 heteroatoms. The maximum atomic E-state index is 13.3. The van der Waals surface area contributed by atoms with Gasteiger partial charge in [0.05, 0.1) is 0 Å². The van der Waals surface area contributed by atoms with Crippen molar-refractivity contribution in [3.8, 4) is 5.75 Å². The Labute approximate surface area is 175 Å². The van der Waals surface area contributed by atoms with Crippen LogP contribution in [0.25, 0.3) is 0 Å². The van der Waals surface area contributed by atoms with E-state index in [0.717, 1.165) is 36.2 Å². The van der Waals surface area contributed by atoms with Gasteiger partial charge in [-0.25, -0.2) is 0 Å². The quantitative estimate of drug-likeness (QED) is 0.324. The van der Waals surface area contributed by atoms with Crippen molar-refractivity contribution in [1.29, 1.82) is 0 Å². The molecule has 0 aromatic heterocycles. The van der Waals surface area contributed by atoms with Gasteiger partial charge >= 0.3 is 12.2 Å². The molecule has 1 nitrogen and oxygen atoms in total. The van der Waals surface area contributed by atoms with E-state index in [1.165, 1.54) is 63.5 Å². The number of hydrogen-bond donors (Lipinski definition) is 0. The molecule has 0 radical (unpaired) electrons. The fourth-order valence-corrected chi connectivity index (χ4v) is 5.35. The van der Waals surface area contributed by atoms with Gasteiger partial charge in [-0.3, -0.25) is 0 Å². The molecule has 0 atom stereocenters. The first-order valence-corrected chi connectivity index (χ1v) is 11.2. The molecule has 168 valence electrons. The third kappa shape index (κ3) is 5.98. The molecule has 0 heterocycles. The highest BCUT2D eigenvalue weighted by atomic mass is 19.4. The van der Waals surface area contributed by atoms with Crippen LogP contribution in [0.4, 0.5) is 22.0 Å². The topological polar surface area (TPSA) is 9.23 Å². The Morgan fingerprint density at radius 2 is 1.40 bits per heavy atom. The van der Waals surface area contributed by atoms with Gasteiger partial charge in [-0.2, -0.15) is 22.0 Å². The van der Waals surface area contributed by atoms with E-state index in [4.69, 9.17) is 0 Å². The zero-order chi connectivity index (χ0) is 21.7. The summed E-state index contributed by atoms with van der Waals surface area (Å²) < 4.78 is 67.1. The maximum Gasteiger partial charge on any atom is 0.449 e. The van der Waals surface area contributed by atoms with Gasteiger partial charge in [0.25, 0.3) is 5.83 Å². The summed E-state index contributed by atoms with van der Waals surface area (Å²) in [6.45, 7) is 2.26. The van der Waals surface area contributed by atoms with E-state index in [1.54, 1.807) is 12.1 Å². The number of rotatable bonds is 6. The lowest BCUT2D eigenvalue weighted by Crippen LogP contribution is -2.25. The molecule has 3 rings (SSSR count). The molecule has 1 aromatic rings. The van der Waals surface area contributed by atoms with Crippen LogP contribution in [0.3, 0.4) is 0 Å². The summed E-state index contributed by atoms with van der Waals surface area (Å²) in [6.07, 6.45) is 7.33. The first-order chi connectivity index (χ1) is 14.3. The zero-order valence-corrected chi connectivity index (χ0v) is 17.5. The van der Waals surface area contributed by atoms with Crippen molar-refractivity contribution < 1.29 is 26.7 Å². The highest BCUT2D eigenvalue weighted by Crippen LogP contribution is 2.44. The Morgan fingerprint density at radius 1 is 0.867 bits per heavy atom.